The van der Waals surface area contributed by atoms with E-state index < -0.39 is 10.0 Å². The number of hydrogen-bond donors (Lipinski definition) is 1. The summed E-state index contributed by atoms with van der Waals surface area (Å²) in [5.41, 5.74) is 1.04. The summed E-state index contributed by atoms with van der Waals surface area (Å²) in [6, 6.07) is 13.0. The zero-order valence-corrected chi connectivity index (χ0v) is 14.6. The standard InChI is InChI=1S/C17H17N3O4S/c1-3-23-15-7-9-16(10-8-15)25(21,22)20-14-6-4-5-13(11-14)17-18-12(2)19-24-17/h4-11,20H,3H2,1-2H3. The van der Waals surface area contributed by atoms with Crippen LogP contribution in [-0.4, -0.2) is 25.2 Å². The first-order valence-electron chi connectivity index (χ1n) is 7.64. The second kappa shape index (κ2) is 6.94. The maximum atomic E-state index is 12.5. The summed E-state index contributed by atoms with van der Waals surface area (Å²) in [5, 5.41) is 3.73. The molecule has 1 aromatic heterocycles. The summed E-state index contributed by atoms with van der Waals surface area (Å²) in [5.74, 6) is 1.46. The van der Waals surface area contributed by atoms with E-state index in [4.69, 9.17) is 9.26 Å². The minimum atomic E-state index is -3.71. The Bertz CT molecular complexity index is 966. The van der Waals surface area contributed by atoms with E-state index in [0.717, 1.165) is 0 Å². The topological polar surface area (TPSA) is 94.3 Å². The van der Waals surface area contributed by atoms with Crippen molar-refractivity contribution in [1.29, 1.82) is 0 Å². The van der Waals surface area contributed by atoms with Gasteiger partial charge in [0.2, 0.25) is 0 Å². The minimum absolute atomic E-state index is 0.148. The molecule has 0 radical (unpaired) electrons. The molecule has 0 bridgehead atoms. The second-order valence-electron chi connectivity index (χ2n) is 5.24. The Morgan fingerprint density at radius 3 is 2.56 bits per heavy atom. The van der Waals surface area contributed by atoms with Gasteiger partial charge in [0.1, 0.15) is 5.75 Å². The molecule has 25 heavy (non-hydrogen) atoms. The van der Waals surface area contributed by atoms with Crippen LogP contribution in [0.1, 0.15) is 12.7 Å². The lowest BCUT2D eigenvalue weighted by Gasteiger charge is -2.09. The van der Waals surface area contributed by atoms with Gasteiger partial charge in [-0.3, -0.25) is 4.72 Å². The van der Waals surface area contributed by atoms with Gasteiger partial charge < -0.3 is 9.26 Å². The summed E-state index contributed by atoms with van der Waals surface area (Å²) in [7, 11) is -3.71. The first-order valence-corrected chi connectivity index (χ1v) is 9.12. The first kappa shape index (κ1) is 17.0. The highest BCUT2D eigenvalue weighted by atomic mass is 32.2. The van der Waals surface area contributed by atoms with E-state index in [-0.39, 0.29) is 4.90 Å². The van der Waals surface area contributed by atoms with E-state index >= 15 is 0 Å². The van der Waals surface area contributed by atoms with E-state index in [2.05, 4.69) is 14.9 Å². The molecule has 0 amide bonds. The fourth-order valence-corrected chi connectivity index (χ4v) is 3.28. The Kier molecular flexibility index (Phi) is 4.71. The zero-order valence-electron chi connectivity index (χ0n) is 13.8. The quantitative estimate of drug-likeness (QED) is 0.726. The normalized spacial score (nSPS) is 11.3. The lowest BCUT2D eigenvalue weighted by Crippen LogP contribution is -2.12. The Hall–Kier alpha value is -2.87. The molecule has 3 rings (SSSR count). The molecule has 0 atom stereocenters. The van der Waals surface area contributed by atoms with Crippen molar-refractivity contribution < 1.29 is 17.7 Å². The molecule has 0 unspecified atom stereocenters. The van der Waals surface area contributed by atoms with E-state index in [1.165, 1.54) is 12.1 Å². The second-order valence-corrected chi connectivity index (χ2v) is 6.92. The molecule has 3 aromatic rings. The maximum absolute atomic E-state index is 12.5. The number of nitrogens with zero attached hydrogens (tertiary/aromatic N) is 2. The van der Waals surface area contributed by atoms with Crippen molar-refractivity contribution in [2.75, 3.05) is 11.3 Å². The van der Waals surface area contributed by atoms with Crippen LogP contribution in [0.3, 0.4) is 0 Å². The van der Waals surface area contributed by atoms with Crippen LogP contribution < -0.4 is 9.46 Å². The molecule has 8 heteroatoms. The minimum Gasteiger partial charge on any atom is -0.494 e. The number of rotatable bonds is 6. The molecule has 0 aliphatic carbocycles. The number of ether oxygens (including phenoxy) is 1. The smallest absolute Gasteiger partial charge is 0.261 e. The summed E-state index contributed by atoms with van der Waals surface area (Å²) in [6.45, 7) is 4.10. The molecule has 0 aliphatic heterocycles. The predicted molar refractivity (Wildman–Crippen MR) is 92.9 cm³/mol. The Morgan fingerprint density at radius 2 is 1.92 bits per heavy atom. The van der Waals surface area contributed by atoms with Crippen LogP contribution in [0, 0.1) is 6.92 Å². The largest absolute Gasteiger partial charge is 0.494 e. The van der Waals surface area contributed by atoms with Crippen LogP contribution in [0.5, 0.6) is 5.75 Å². The van der Waals surface area contributed by atoms with E-state index in [1.54, 1.807) is 43.3 Å². The number of anilines is 1. The molecular formula is C17H17N3O4S. The van der Waals surface area contributed by atoms with Crippen molar-refractivity contribution in [3.8, 4) is 17.2 Å². The molecule has 1 heterocycles. The van der Waals surface area contributed by atoms with Gasteiger partial charge in [-0.1, -0.05) is 11.2 Å². The van der Waals surface area contributed by atoms with Crippen molar-refractivity contribution in [3.63, 3.8) is 0 Å². The molecule has 7 nitrogen and oxygen atoms in total. The Labute approximate surface area is 145 Å². The van der Waals surface area contributed by atoms with Crippen molar-refractivity contribution >= 4 is 15.7 Å². The van der Waals surface area contributed by atoms with Crippen LogP contribution in [0.2, 0.25) is 0 Å². The molecule has 0 aliphatic rings. The zero-order chi connectivity index (χ0) is 17.9. The van der Waals surface area contributed by atoms with E-state index in [9.17, 15) is 8.42 Å². The van der Waals surface area contributed by atoms with Crippen LogP contribution in [-0.2, 0) is 10.0 Å². The van der Waals surface area contributed by atoms with Gasteiger partial charge in [-0.05, 0) is 56.3 Å². The highest BCUT2D eigenvalue weighted by Crippen LogP contribution is 2.24. The third-order valence-electron chi connectivity index (χ3n) is 3.33. The average Bonchev–Trinajstić information content (AvgIpc) is 3.02. The Balaban J connectivity index is 1.83. The molecule has 0 fully saturated rings. The van der Waals surface area contributed by atoms with Crippen LogP contribution >= 0.6 is 0 Å². The highest BCUT2D eigenvalue weighted by molar-refractivity contribution is 7.92. The lowest BCUT2D eigenvalue weighted by molar-refractivity contribution is 0.340. The van der Waals surface area contributed by atoms with Crippen molar-refractivity contribution in [2.45, 2.75) is 18.7 Å². The molecule has 0 saturated heterocycles. The van der Waals surface area contributed by atoms with E-state index in [0.29, 0.717) is 35.3 Å². The number of aryl methyl sites for hydroxylation is 1. The monoisotopic (exact) mass is 359 g/mol. The van der Waals surface area contributed by atoms with Gasteiger partial charge in [-0.15, -0.1) is 0 Å². The molecule has 130 valence electrons. The van der Waals surface area contributed by atoms with Crippen LogP contribution in [0.25, 0.3) is 11.5 Å². The summed E-state index contributed by atoms with van der Waals surface area (Å²) in [6.07, 6.45) is 0. The number of aromatic nitrogens is 2. The molecule has 2 aromatic carbocycles. The van der Waals surface area contributed by atoms with Gasteiger partial charge >= 0.3 is 0 Å². The van der Waals surface area contributed by atoms with Crippen molar-refractivity contribution in [2.24, 2.45) is 0 Å². The van der Waals surface area contributed by atoms with Gasteiger partial charge in [0, 0.05) is 11.3 Å². The first-order chi connectivity index (χ1) is 12.0. The third-order valence-corrected chi connectivity index (χ3v) is 4.73. The number of nitrogens with one attached hydrogen (secondary N) is 1. The van der Waals surface area contributed by atoms with Gasteiger partial charge in [-0.25, -0.2) is 8.42 Å². The maximum Gasteiger partial charge on any atom is 0.261 e. The van der Waals surface area contributed by atoms with Crippen LogP contribution in [0.4, 0.5) is 5.69 Å². The number of benzene rings is 2. The third kappa shape index (κ3) is 3.97. The summed E-state index contributed by atoms with van der Waals surface area (Å²) < 4.78 is 38.0. The summed E-state index contributed by atoms with van der Waals surface area (Å²) in [4.78, 5) is 4.28. The molecule has 0 saturated carbocycles. The summed E-state index contributed by atoms with van der Waals surface area (Å²) >= 11 is 0. The van der Waals surface area contributed by atoms with Gasteiger partial charge in [0.15, 0.2) is 5.82 Å². The fraction of sp³-hybridized carbons (Fsp3) is 0.176. The SMILES string of the molecule is CCOc1ccc(S(=O)(=O)Nc2cccc(-c3nc(C)no3)c2)cc1. The molecule has 0 spiro atoms. The van der Waals surface area contributed by atoms with Gasteiger partial charge in [0.05, 0.1) is 11.5 Å². The van der Waals surface area contributed by atoms with Crippen LogP contribution in [0.15, 0.2) is 57.9 Å². The van der Waals surface area contributed by atoms with E-state index in [1.807, 2.05) is 6.92 Å². The predicted octanol–water partition coefficient (Wildman–Crippen LogP) is 3.24. The highest BCUT2D eigenvalue weighted by Gasteiger charge is 2.15. The van der Waals surface area contributed by atoms with Crippen molar-refractivity contribution in [1.82, 2.24) is 10.1 Å². The Morgan fingerprint density at radius 1 is 1.16 bits per heavy atom. The molecule has 1 N–H and O–H groups in total. The van der Waals surface area contributed by atoms with Gasteiger partial charge in [-0.2, -0.15) is 4.98 Å². The number of hydrogen-bond acceptors (Lipinski definition) is 6. The lowest BCUT2D eigenvalue weighted by atomic mass is 10.2. The van der Waals surface area contributed by atoms with Gasteiger partial charge in [0.25, 0.3) is 15.9 Å². The van der Waals surface area contributed by atoms with Crippen molar-refractivity contribution in [3.05, 3.63) is 54.4 Å². The number of sulfonamides is 1. The molecular weight excluding hydrogens is 342 g/mol. The fourth-order valence-electron chi connectivity index (χ4n) is 2.23. The average molecular weight is 359 g/mol.